The van der Waals surface area contributed by atoms with Crippen molar-refractivity contribution < 1.29 is 14.7 Å². The van der Waals surface area contributed by atoms with Crippen molar-refractivity contribution in [3.63, 3.8) is 0 Å². The van der Waals surface area contributed by atoms with E-state index < -0.39 is 5.97 Å². The molecule has 0 aliphatic heterocycles. The molecule has 0 aromatic heterocycles. The smallest absolute Gasteiger partial charge is 0.336 e. The van der Waals surface area contributed by atoms with Crippen LogP contribution in [0.1, 0.15) is 52.8 Å². The summed E-state index contributed by atoms with van der Waals surface area (Å²) in [6, 6.07) is 4.48. The van der Waals surface area contributed by atoms with Gasteiger partial charge in [0.15, 0.2) is 0 Å². The van der Waals surface area contributed by atoms with Crippen molar-refractivity contribution in [2.75, 3.05) is 5.73 Å². The fraction of sp³-hybridized carbons (Fsp3) is 0.429. The van der Waals surface area contributed by atoms with Crippen LogP contribution in [-0.4, -0.2) is 23.0 Å². The number of aromatic carboxylic acids is 1. The SMILES string of the molecule is Nc1ccc(C(=O)NC2CCCCC2)c(C(=O)O)c1. The summed E-state index contributed by atoms with van der Waals surface area (Å²) in [6.07, 6.45) is 5.35. The number of hydrogen-bond acceptors (Lipinski definition) is 3. The van der Waals surface area contributed by atoms with E-state index >= 15 is 0 Å². The third kappa shape index (κ3) is 3.24. The fourth-order valence-electron chi connectivity index (χ4n) is 2.45. The number of carboxylic acids is 1. The maximum atomic E-state index is 12.1. The number of carboxylic acid groups (broad SMARTS) is 1. The first-order chi connectivity index (χ1) is 9.08. The summed E-state index contributed by atoms with van der Waals surface area (Å²) < 4.78 is 0. The maximum absolute atomic E-state index is 12.1. The van der Waals surface area contributed by atoms with Crippen LogP contribution in [-0.2, 0) is 0 Å². The number of carbonyl (C=O) groups is 2. The third-order valence-electron chi connectivity index (χ3n) is 3.46. The van der Waals surface area contributed by atoms with Gasteiger partial charge < -0.3 is 16.2 Å². The molecule has 5 nitrogen and oxygen atoms in total. The second kappa shape index (κ2) is 5.73. The van der Waals surface area contributed by atoms with Gasteiger partial charge in [-0.25, -0.2) is 4.79 Å². The van der Waals surface area contributed by atoms with Gasteiger partial charge >= 0.3 is 5.97 Å². The molecule has 0 bridgehead atoms. The Hall–Kier alpha value is -2.04. The van der Waals surface area contributed by atoms with Crippen LogP contribution < -0.4 is 11.1 Å². The van der Waals surface area contributed by atoms with Crippen molar-refractivity contribution in [3.05, 3.63) is 29.3 Å². The number of rotatable bonds is 3. The van der Waals surface area contributed by atoms with Crippen molar-refractivity contribution in [1.29, 1.82) is 0 Å². The highest BCUT2D eigenvalue weighted by molar-refractivity contribution is 6.05. The summed E-state index contributed by atoms with van der Waals surface area (Å²) in [6.45, 7) is 0. The highest BCUT2D eigenvalue weighted by atomic mass is 16.4. The number of anilines is 1. The van der Waals surface area contributed by atoms with E-state index in [4.69, 9.17) is 10.8 Å². The average Bonchev–Trinajstić information content (AvgIpc) is 2.39. The molecule has 4 N–H and O–H groups in total. The summed E-state index contributed by atoms with van der Waals surface area (Å²) in [4.78, 5) is 23.3. The van der Waals surface area contributed by atoms with E-state index in [1.54, 1.807) is 6.07 Å². The lowest BCUT2D eigenvalue weighted by atomic mass is 9.95. The first-order valence-electron chi connectivity index (χ1n) is 6.51. The van der Waals surface area contributed by atoms with E-state index in [2.05, 4.69) is 5.32 Å². The predicted molar refractivity (Wildman–Crippen MR) is 72.2 cm³/mol. The molecule has 1 aromatic rings. The van der Waals surface area contributed by atoms with Crippen LogP contribution in [0.4, 0.5) is 5.69 Å². The van der Waals surface area contributed by atoms with Gasteiger partial charge in [0.1, 0.15) is 0 Å². The Labute approximate surface area is 111 Å². The molecule has 2 rings (SSSR count). The monoisotopic (exact) mass is 262 g/mol. The number of benzene rings is 1. The average molecular weight is 262 g/mol. The number of carbonyl (C=O) groups excluding carboxylic acids is 1. The van der Waals surface area contributed by atoms with Gasteiger partial charge in [0, 0.05) is 11.7 Å². The van der Waals surface area contributed by atoms with Gasteiger partial charge in [-0.2, -0.15) is 0 Å². The molecule has 1 aromatic carbocycles. The fourth-order valence-corrected chi connectivity index (χ4v) is 2.45. The van der Waals surface area contributed by atoms with Gasteiger partial charge in [0.2, 0.25) is 0 Å². The van der Waals surface area contributed by atoms with Crippen molar-refractivity contribution in [2.24, 2.45) is 0 Å². The molecule has 0 spiro atoms. The first kappa shape index (κ1) is 13.4. The standard InChI is InChI=1S/C14H18N2O3/c15-9-6-7-11(12(8-9)14(18)19)13(17)16-10-4-2-1-3-5-10/h6-8,10H,1-5,15H2,(H,16,17)(H,18,19). The van der Waals surface area contributed by atoms with Gasteiger partial charge in [0.25, 0.3) is 5.91 Å². The normalized spacial score (nSPS) is 16.0. The Morgan fingerprint density at radius 2 is 1.84 bits per heavy atom. The molecule has 1 fully saturated rings. The van der Waals surface area contributed by atoms with Crippen LogP contribution >= 0.6 is 0 Å². The number of nitrogens with two attached hydrogens (primary N) is 1. The van der Waals surface area contributed by atoms with Gasteiger partial charge in [-0.1, -0.05) is 19.3 Å². The van der Waals surface area contributed by atoms with Crippen LogP contribution in [0.3, 0.4) is 0 Å². The minimum absolute atomic E-state index is 0.0479. The van der Waals surface area contributed by atoms with E-state index in [1.807, 2.05) is 0 Å². The largest absolute Gasteiger partial charge is 0.478 e. The van der Waals surface area contributed by atoms with Crippen LogP contribution in [0.25, 0.3) is 0 Å². The molecule has 0 heterocycles. The molecule has 0 radical (unpaired) electrons. The lowest BCUT2D eigenvalue weighted by Crippen LogP contribution is -2.36. The maximum Gasteiger partial charge on any atom is 0.336 e. The van der Waals surface area contributed by atoms with Crippen LogP contribution in [0, 0.1) is 0 Å². The first-order valence-corrected chi connectivity index (χ1v) is 6.51. The summed E-state index contributed by atoms with van der Waals surface area (Å²) in [5, 5.41) is 12.0. The summed E-state index contributed by atoms with van der Waals surface area (Å²) in [7, 11) is 0. The molecule has 0 unspecified atom stereocenters. The lowest BCUT2D eigenvalue weighted by Gasteiger charge is -2.23. The van der Waals surface area contributed by atoms with Crippen molar-refractivity contribution >= 4 is 17.6 Å². The highest BCUT2D eigenvalue weighted by Gasteiger charge is 2.20. The molecular weight excluding hydrogens is 244 g/mol. The van der Waals surface area contributed by atoms with Gasteiger partial charge in [-0.15, -0.1) is 0 Å². The minimum atomic E-state index is -1.14. The second-order valence-electron chi connectivity index (χ2n) is 4.92. The highest BCUT2D eigenvalue weighted by Crippen LogP contribution is 2.19. The van der Waals surface area contributed by atoms with Crippen molar-refractivity contribution in [3.8, 4) is 0 Å². The van der Waals surface area contributed by atoms with Crippen molar-refractivity contribution in [1.82, 2.24) is 5.32 Å². The Kier molecular flexibility index (Phi) is 4.04. The zero-order chi connectivity index (χ0) is 13.8. The zero-order valence-corrected chi connectivity index (χ0v) is 10.7. The van der Waals surface area contributed by atoms with E-state index in [-0.39, 0.29) is 23.1 Å². The van der Waals surface area contributed by atoms with Crippen LogP contribution in [0.2, 0.25) is 0 Å². The molecule has 1 amide bonds. The predicted octanol–water partition coefficient (Wildman–Crippen LogP) is 2.03. The van der Waals surface area contributed by atoms with Gasteiger partial charge in [-0.3, -0.25) is 4.79 Å². The molecule has 19 heavy (non-hydrogen) atoms. The van der Waals surface area contributed by atoms with Crippen LogP contribution in [0.5, 0.6) is 0 Å². The third-order valence-corrected chi connectivity index (χ3v) is 3.46. The topological polar surface area (TPSA) is 92.4 Å². The van der Waals surface area contributed by atoms with E-state index in [0.29, 0.717) is 5.69 Å². The van der Waals surface area contributed by atoms with Crippen LogP contribution in [0.15, 0.2) is 18.2 Å². The number of nitrogens with one attached hydrogen (secondary N) is 1. The van der Waals surface area contributed by atoms with Gasteiger partial charge in [0.05, 0.1) is 11.1 Å². The number of hydrogen-bond donors (Lipinski definition) is 3. The molecule has 1 saturated carbocycles. The zero-order valence-electron chi connectivity index (χ0n) is 10.7. The van der Waals surface area contributed by atoms with E-state index in [0.717, 1.165) is 25.7 Å². The Morgan fingerprint density at radius 1 is 1.16 bits per heavy atom. The number of amides is 1. The van der Waals surface area contributed by atoms with E-state index in [9.17, 15) is 9.59 Å². The Morgan fingerprint density at radius 3 is 2.47 bits per heavy atom. The molecule has 1 aliphatic rings. The Bertz CT molecular complexity index is 493. The summed E-state index contributed by atoms with van der Waals surface area (Å²) in [5.41, 5.74) is 6.02. The van der Waals surface area contributed by atoms with Crippen molar-refractivity contribution in [2.45, 2.75) is 38.1 Å². The number of nitrogen functional groups attached to an aromatic ring is 1. The second-order valence-corrected chi connectivity index (χ2v) is 4.92. The minimum Gasteiger partial charge on any atom is -0.478 e. The van der Waals surface area contributed by atoms with Gasteiger partial charge in [-0.05, 0) is 31.0 Å². The molecule has 0 atom stereocenters. The Balaban J connectivity index is 2.16. The quantitative estimate of drug-likeness (QED) is 0.727. The molecule has 0 saturated heterocycles. The van der Waals surface area contributed by atoms with E-state index in [1.165, 1.54) is 18.6 Å². The molecule has 1 aliphatic carbocycles. The summed E-state index contributed by atoms with van der Waals surface area (Å²) >= 11 is 0. The molecule has 102 valence electrons. The summed E-state index contributed by atoms with van der Waals surface area (Å²) in [5.74, 6) is -1.47. The molecule has 5 heteroatoms. The lowest BCUT2D eigenvalue weighted by molar-refractivity contribution is 0.0690. The molecular formula is C14H18N2O3.